The summed E-state index contributed by atoms with van der Waals surface area (Å²) < 4.78 is 15.6. The molecule has 6 nitrogen and oxygen atoms in total. The van der Waals surface area contributed by atoms with Crippen LogP contribution in [0.25, 0.3) is 0 Å². The molecule has 1 amide bonds. The average molecular weight is 357 g/mol. The van der Waals surface area contributed by atoms with Crippen LogP contribution in [0.2, 0.25) is 0 Å². The monoisotopic (exact) mass is 357 g/mol. The van der Waals surface area contributed by atoms with Crippen molar-refractivity contribution in [1.29, 1.82) is 0 Å². The van der Waals surface area contributed by atoms with Crippen LogP contribution in [-0.2, 0) is 13.9 Å². The molecule has 0 saturated carbocycles. The van der Waals surface area contributed by atoms with Gasteiger partial charge in [0, 0.05) is 6.42 Å². The predicted molar refractivity (Wildman–Crippen MR) is 93.4 cm³/mol. The van der Waals surface area contributed by atoms with Gasteiger partial charge in [0.25, 0.3) is 0 Å². The normalized spacial score (nSPS) is 12.8. The topological polar surface area (TPSA) is 95.9 Å². The number of nitrogens with one attached hydrogen (secondary N) is 1. The molecule has 0 aliphatic rings. The Morgan fingerprint density at radius 3 is 2.50 bits per heavy atom. The third-order valence-corrected chi connectivity index (χ3v) is 4.30. The summed E-state index contributed by atoms with van der Waals surface area (Å²) in [5, 5.41) is 2.83. The first-order valence-corrected chi connectivity index (χ1v) is 9.91. The van der Waals surface area contributed by atoms with Crippen molar-refractivity contribution in [2.75, 3.05) is 6.61 Å². The zero-order chi connectivity index (χ0) is 18.0. The Hall–Kier alpha value is -1.20. The lowest BCUT2D eigenvalue weighted by molar-refractivity contribution is -0.122. The van der Waals surface area contributed by atoms with E-state index in [4.69, 9.17) is 9.79 Å². The van der Waals surface area contributed by atoms with Gasteiger partial charge in [0.2, 0.25) is 5.91 Å². The first-order valence-electron chi connectivity index (χ1n) is 8.38. The van der Waals surface area contributed by atoms with Gasteiger partial charge >= 0.3 is 7.82 Å². The van der Waals surface area contributed by atoms with E-state index in [9.17, 15) is 9.36 Å². The van der Waals surface area contributed by atoms with E-state index in [0.29, 0.717) is 6.42 Å². The van der Waals surface area contributed by atoms with Crippen LogP contribution in [0.3, 0.4) is 0 Å². The van der Waals surface area contributed by atoms with Crippen LogP contribution >= 0.6 is 7.82 Å². The minimum atomic E-state index is -4.58. The number of unbranched alkanes of at least 4 members (excludes halogenated alkanes) is 4. The van der Waals surface area contributed by atoms with Gasteiger partial charge in [-0.1, -0.05) is 56.9 Å². The smallest absolute Gasteiger partial charge is 0.347 e. The minimum Gasteiger partial charge on any atom is -0.347 e. The largest absolute Gasteiger partial charge is 0.469 e. The first-order chi connectivity index (χ1) is 11.3. The number of hydrogen-bond donors (Lipinski definition) is 3. The van der Waals surface area contributed by atoms with Gasteiger partial charge in [-0.2, -0.15) is 0 Å². The summed E-state index contributed by atoms with van der Waals surface area (Å²) in [6.45, 7) is 3.76. The van der Waals surface area contributed by atoms with Crippen LogP contribution in [0.15, 0.2) is 24.3 Å². The van der Waals surface area contributed by atoms with Crippen LogP contribution in [0.4, 0.5) is 0 Å². The van der Waals surface area contributed by atoms with E-state index >= 15 is 0 Å². The van der Waals surface area contributed by atoms with Crippen molar-refractivity contribution in [3.05, 3.63) is 35.4 Å². The van der Waals surface area contributed by atoms with Gasteiger partial charge in [0.1, 0.15) is 0 Å². The summed E-state index contributed by atoms with van der Waals surface area (Å²) in [6.07, 6.45) is 5.67. The molecule has 0 fully saturated rings. The third kappa shape index (κ3) is 8.60. The Kier molecular flexibility index (Phi) is 9.22. The highest BCUT2D eigenvalue weighted by atomic mass is 31.2. The second kappa shape index (κ2) is 10.6. The zero-order valence-electron chi connectivity index (χ0n) is 14.4. The second-order valence-electron chi connectivity index (χ2n) is 5.93. The zero-order valence-corrected chi connectivity index (χ0v) is 15.3. The highest BCUT2D eigenvalue weighted by molar-refractivity contribution is 7.46. The molecular formula is C17H28NO5P. The van der Waals surface area contributed by atoms with E-state index in [2.05, 4.69) is 16.8 Å². The molecule has 3 N–H and O–H groups in total. The molecule has 1 aromatic rings. The molecule has 0 aliphatic heterocycles. The molecule has 0 heterocycles. The summed E-state index contributed by atoms with van der Waals surface area (Å²) in [5.74, 6) is -0.130. The van der Waals surface area contributed by atoms with Gasteiger partial charge in [0.15, 0.2) is 0 Å². The summed E-state index contributed by atoms with van der Waals surface area (Å²) in [7, 11) is -4.58. The second-order valence-corrected chi connectivity index (χ2v) is 7.17. The predicted octanol–water partition coefficient (Wildman–Crippen LogP) is 3.62. The number of amides is 1. The van der Waals surface area contributed by atoms with Crippen molar-refractivity contribution in [2.24, 2.45) is 0 Å². The fraction of sp³-hybridized carbons (Fsp3) is 0.588. The van der Waals surface area contributed by atoms with E-state index < -0.39 is 13.9 Å². The Morgan fingerprint density at radius 2 is 1.88 bits per heavy atom. The van der Waals surface area contributed by atoms with Crippen molar-refractivity contribution in [3.8, 4) is 0 Å². The maximum Gasteiger partial charge on any atom is 0.469 e. The number of carbonyl (C=O) groups excluding carboxylic acids is 1. The molecular weight excluding hydrogens is 329 g/mol. The number of benzene rings is 1. The van der Waals surface area contributed by atoms with Crippen molar-refractivity contribution < 1.29 is 23.7 Å². The molecule has 0 aromatic heterocycles. The Morgan fingerprint density at radius 1 is 1.21 bits per heavy atom. The summed E-state index contributed by atoms with van der Waals surface area (Å²) in [4.78, 5) is 30.0. The standard InChI is InChI=1S/C17H28NO5P/c1-3-4-5-6-7-12-17(19)18-16(13-23-24(20,21)22)15-11-9-8-10-14(15)2/h8-11,16H,3-7,12-13H2,1-2H3,(H,18,19)(H2,20,21,22). The van der Waals surface area contributed by atoms with Gasteiger partial charge < -0.3 is 15.1 Å². The highest BCUT2D eigenvalue weighted by Gasteiger charge is 2.22. The molecule has 7 heteroatoms. The highest BCUT2D eigenvalue weighted by Crippen LogP contribution is 2.37. The number of phosphoric acid groups is 1. The van der Waals surface area contributed by atoms with Crippen molar-refractivity contribution in [3.63, 3.8) is 0 Å². The fourth-order valence-corrected chi connectivity index (χ4v) is 2.86. The number of rotatable bonds is 11. The number of carbonyl (C=O) groups is 1. The Balaban J connectivity index is 2.63. The van der Waals surface area contributed by atoms with E-state index in [1.807, 2.05) is 31.2 Å². The van der Waals surface area contributed by atoms with Crippen LogP contribution in [0.5, 0.6) is 0 Å². The summed E-state index contributed by atoms with van der Waals surface area (Å²) in [6, 6.07) is 6.82. The van der Waals surface area contributed by atoms with Crippen LogP contribution in [0, 0.1) is 6.92 Å². The van der Waals surface area contributed by atoms with Crippen molar-refractivity contribution in [1.82, 2.24) is 5.32 Å². The lowest BCUT2D eigenvalue weighted by Crippen LogP contribution is -2.31. The Labute approximate surface area is 143 Å². The lowest BCUT2D eigenvalue weighted by atomic mass is 10.0. The van der Waals surface area contributed by atoms with Crippen molar-refractivity contribution in [2.45, 2.75) is 58.4 Å². The third-order valence-electron chi connectivity index (χ3n) is 3.82. The fourth-order valence-electron chi connectivity index (χ4n) is 2.51. The van der Waals surface area contributed by atoms with E-state index in [1.165, 1.54) is 6.42 Å². The summed E-state index contributed by atoms with van der Waals surface area (Å²) in [5.41, 5.74) is 1.73. The van der Waals surface area contributed by atoms with Crippen molar-refractivity contribution >= 4 is 13.7 Å². The van der Waals surface area contributed by atoms with E-state index in [0.717, 1.165) is 36.8 Å². The maximum atomic E-state index is 12.1. The first kappa shape index (κ1) is 20.8. The molecule has 0 saturated heterocycles. The maximum absolute atomic E-state index is 12.1. The van der Waals surface area contributed by atoms with E-state index in [1.54, 1.807) is 0 Å². The van der Waals surface area contributed by atoms with Gasteiger partial charge in [0.05, 0.1) is 12.6 Å². The molecule has 0 bridgehead atoms. The SMILES string of the molecule is CCCCCCCC(=O)NC(COP(=O)(O)O)c1ccccc1C. The minimum absolute atomic E-state index is 0.130. The molecule has 0 aliphatic carbocycles. The average Bonchev–Trinajstić information content (AvgIpc) is 2.51. The molecule has 1 atom stereocenters. The molecule has 24 heavy (non-hydrogen) atoms. The number of phosphoric ester groups is 1. The number of aryl methyl sites for hydroxylation is 1. The Bertz CT molecular complexity index is 558. The molecule has 1 unspecified atom stereocenters. The molecule has 0 spiro atoms. The lowest BCUT2D eigenvalue weighted by Gasteiger charge is -2.21. The van der Waals surface area contributed by atoms with Crippen LogP contribution < -0.4 is 5.32 Å². The molecule has 1 rings (SSSR count). The quantitative estimate of drug-likeness (QED) is 0.415. The van der Waals surface area contributed by atoms with Gasteiger partial charge in [-0.05, 0) is 24.5 Å². The molecule has 136 valence electrons. The summed E-state index contributed by atoms with van der Waals surface area (Å²) >= 11 is 0. The molecule has 1 aromatic carbocycles. The van der Waals surface area contributed by atoms with Gasteiger partial charge in [-0.15, -0.1) is 0 Å². The van der Waals surface area contributed by atoms with Gasteiger partial charge in [-0.25, -0.2) is 4.57 Å². The van der Waals surface area contributed by atoms with Gasteiger partial charge in [-0.3, -0.25) is 9.32 Å². The number of hydrogen-bond acceptors (Lipinski definition) is 3. The van der Waals surface area contributed by atoms with E-state index in [-0.39, 0.29) is 12.5 Å². The molecule has 0 radical (unpaired) electrons. The van der Waals surface area contributed by atoms with Crippen LogP contribution in [0.1, 0.15) is 62.6 Å². The van der Waals surface area contributed by atoms with Crippen LogP contribution in [-0.4, -0.2) is 22.3 Å².